The van der Waals surface area contributed by atoms with E-state index in [9.17, 15) is 19.7 Å². The number of carbonyl (C=O) groups is 2. The molecule has 9 heteroatoms. The molecule has 1 atom stereocenters. The van der Waals surface area contributed by atoms with Crippen LogP contribution in [0.1, 0.15) is 23.5 Å². The van der Waals surface area contributed by atoms with Crippen LogP contribution in [0.4, 0.5) is 5.69 Å². The monoisotopic (exact) mass is 228 g/mol. The van der Waals surface area contributed by atoms with Gasteiger partial charge in [0.1, 0.15) is 12.2 Å². The van der Waals surface area contributed by atoms with Crippen LogP contribution in [0.5, 0.6) is 0 Å². The molecule has 16 heavy (non-hydrogen) atoms. The summed E-state index contributed by atoms with van der Waals surface area (Å²) in [6, 6.07) is -1.12. The highest BCUT2D eigenvalue weighted by Gasteiger charge is 2.26. The van der Waals surface area contributed by atoms with Gasteiger partial charge in [-0.3, -0.25) is 19.6 Å². The number of primary amides is 1. The molecule has 0 aliphatic rings. The van der Waals surface area contributed by atoms with Gasteiger partial charge in [-0.1, -0.05) is 0 Å². The van der Waals surface area contributed by atoms with Crippen molar-refractivity contribution >= 4 is 17.6 Å². The third-order valence-electron chi connectivity index (χ3n) is 1.90. The average molecular weight is 228 g/mol. The largest absolute Gasteiger partial charge is 0.480 e. The second kappa shape index (κ2) is 3.96. The Kier molecular flexibility index (Phi) is 2.88. The van der Waals surface area contributed by atoms with Crippen molar-refractivity contribution in [2.45, 2.75) is 13.0 Å². The third kappa shape index (κ3) is 1.97. The van der Waals surface area contributed by atoms with Gasteiger partial charge >= 0.3 is 11.7 Å². The van der Waals surface area contributed by atoms with E-state index in [1.54, 1.807) is 0 Å². The Balaban J connectivity index is 3.26. The molecule has 0 spiro atoms. The molecule has 1 unspecified atom stereocenters. The number of aromatic nitrogens is 2. The van der Waals surface area contributed by atoms with Crippen LogP contribution in [-0.4, -0.2) is 31.7 Å². The predicted molar refractivity (Wildman–Crippen MR) is 49.7 cm³/mol. The first-order chi connectivity index (χ1) is 7.34. The SMILES string of the molecule is CC(C(=O)O)n1cc([N+](=O)[O-])c(C(N)=O)n1. The van der Waals surface area contributed by atoms with Gasteiger partial charge in [0.25, 0.3) is 5.91 Å². The summed E-state index contributed by atoms with van der Waals surface area (Å²) in [5, 5.41) is 22.7. The number of rotatable bonds is 4. The number of carboxylic acid groups (broad SMARTS) is 1. The van der Waals surface area contributed by atoms with E-state index in [1.807, 2.05) is 0 Å². The van der Waals surface area contributed by atoms with Crippen molar-refractivity contribution in [1.82, 2.24) is 9.78 Å². The van der Waals surface area contributed by atoms with Crippen molar-refractivity contribution in [1.29, 1.82) is 0 Å². The fourth-order valence-electron chi connectivity index (χ4n) is 1.00. The number of nitro groups is 1. The van der Waals surface area contributed by atoms with Crippen LogP contribution >= 0.6 is 0 Å². The molecule has 1 aromatic rings. The lowest BCUT2D eigenvalue weighted by atomic mass is 10.3. The first kappa shape index (κ1) is 11.6. The molecule has 1 rings (SSSR count). The summed E-state index contributed by atoms with van der Waals surface area (Å²) in [6.45, 7) is 1.27. The van der Waals surface area contributed by atoms with Crippen molar-refractivity contribution in [3.8, 4) is 0 Å². The predicted octanol–water partition coefficient (Wildman–Crippen LogP) is -0.464. The summed E-state index contributed by atoms with van der Waals surface area (Å²) in [4.78, 5) is 31.1. The molecule has 1 aromatic heterocycles. The maximum atomic E-state index is 10.8. The Morgan fingerprint density at radius 3 is 2.56 bits per heavy atom. The molecule has 1 amide bonds. The van der Waals surface area contributed by atoms with Crippen LogP contribution in [0.25, 0.3) is 0 Å². The smallest absolute Gasteiger partial charge is 0.328 e. The van der Waals surface area contributed by atoms with E-state index in [1.165, 1.54) is 6.92 Å². The number of nitrogens with two attached hydrogens (primary N) is 1. The average Bonchev–Trinajstić information content (AvgIpc) is 2.60. The van der Waals surface area contributed by atoms with Crippen molar-refractivity contribution in [2.24, 2.45) is 5.73 Å². The summed E-state index contributed by atoms with van der Waals surface area (Å²) in [6.07, 6.45) is 0.860. The van der Waals surface area contributed by atoms with Gasteiger partial charge in [-0.2, -0.15) is 5.10 Å². The number of nitrogens with zero attached hydrogens (tertiary/aromatic N) is 3. The Morgan fingerprint density at radius 1 is 1.69 bits per heavy atom. The molecule has 1 heterocycles. The number of carbonyl (C=O) groups excluding carboxylic acids is 1. The van der Waals surface area contributed by atoms with Crippen LogP contribution in [0, 0.1) is 10.1 Å². The number of carboxylic acids is 1. The van der Waals surface area contributed by atoms with Gasteiger partial charge in [-0.25, -0.2) is 4.79 Å². The Morgan fingerprint density at radius 2 is 2.25 bits per heavy atom. The topological polar surface area (TPSA) is 141 Å². The molecular formula is C7H8N4O5. The minimum atomic E-state index is -1.23. The van der Waals surface area contributed by atoms with Gasteiger partial charge in [0, 0.05) is 0 Å². The fourth-order valence-corrected chi connectivity index (χ4v) is 1.00. The van der Waals surface area contributed by atoms with E-state index < -0.39 is 34.2 Å². The number of amides is 1. The normalized spacial score (nSPS) is 12.1. The molecule has 0 aliphatic carbocycles. The quantitative estimate of drug-likeness (QED) is 0.527. The van der Waals surface area contributed by atoms with Gasteiger partial charge in [-0.15, -0.1) is 0 Å². The van der Waals surface area contributed by atoms with Crippen molar-refractivity contribution in [3.05, 3.63) is 22.0 Å². The number of hydrogen-bond donors (Lipinski definition) is 2. The highest BCUT2D eigenvalue weighted by Crippen LogP contribution is 2.18. The fraction of sp³-hybridized carbons (Fsp3) is 0.286. The molecule has 3 N–H and O–H groups in total. The second-order valence-corrected chi connectivity index (χ2v) is 2.98. The van der Waals surface area contributed by atoms with E-state index >= 15 is 0 Å². The van der Waals surface area contributed by atoms with E-state index in [4.69, 9.17) is 10.8 Å². The van der Waals surface area contributed by atoms with Crippen LogP contribution < -0.4 is 5.73 Å². The van der Waals surface area contributed by atoms with Crippen LogP contribution in [0.2, 0.25) is 0 Å². The highest BCUT2D eigenvalue weighted by molar-refractivity contribution is 5.94. The third-order valence-corrected chi connectivity index (χ3v) is 1.90. The van der Waals surface area contributed by atoms with Crippen molar-refractivity contribution in [3.63, 3.8) is 0 Å². The highest BCUT2D eigenvalue weighted by atomic mass is 16.6. The van der Waals surface area contributed by atoms with Gasteiger partial charge in [0.15, 0.2) is 0 Å². The lowest BCUT2D eigenvalue weighted by Crippen LogP contribution is -2.18. The van der Waals surface area contributed by atoms with E-state index in [0.29, 0.717) is 0 Å². The van der Waals surface area contributed by atoms with E-state index in [0.717, 1.165) is 10.9 Å². The Labute approximate surface area is 88.6 Å². The van der Waals surface area contributed by atoms with Gasteiger partial charge < -0.3 is 10.8 Å². The molecule has 9 nitrogen and oxygen atoms in total. The molecule has 86 valence electrons. The molecule has 0 saturated carbocycles. The molecule has 0 saturated heterocycles. The zero-order chi connectivity index (χ0) is 12.5. The summed E-state index contributed by atoms with van der Waals surface area (Å²) >= 11 is 0. The molecule has 0 aliphatic heterocycles. The Hall–Kier alpha value is -2.45. The number of aliphatic carboxylic acids is 1. The van der Waals surface area contributed by atoms with Crippen LogP contribution in [0.15, 0.2) is 6.20 Å². The van der Waals surface area contributed by atoms with Crippen molar-refractivity contribution in [2.75, 3.05) is 0 Å². The van der Waals surface area contributed by atoms with Crippen LogP contribution in [-0.2, 0) is 4.79 Å². The molecule has 0 bridgehead atoms. The van der Waals surface area contributed by atoms with Crippen molar-refractivity contribution < 1.29 is 19.6 Å². The van der Waals surface area contributed by atoms with Gasteiger partial charge in [-0.05, 0) is 6.92 Å². The van der Waals surface area contributed by atoms with E-state index in [-0.39, 0.29) is 0 Å². The zero-order valence-electron chi connectivity index (χ0n) is 8.15. The Bertz CT molecular complexity index is 434. The number of hydrogen-bond acceptors (Lipinski definition) is 5. The maximum absolute atomic E-state index is 10.8. The summed E-state index contributed by atoms with van der Waals surface area (Å²) in [7, 11) is 0. The molecular weight excluding hydrogens is 220 g/mol. The van der Waals surface area contributed by atoms with Gasteiger partial charge in [0.2, 0.25) is 5.69 Å². The molecule has 0 aromatic carbocycles. The molecule has 0 fully saturated rings. The zero-order valence-corrected chi connectivity index (χ0v) is 8.15. The minimum Gasteiger partial charge on any atom is -0.480 e. The minimum absolute atomic E-state index is 0.557. The second-order valence-electron chi connectivity index (χ2n) is 2.98. The summed E-state index contributed by atoms with van der Waals surface area (Å²) < 4.78 is 0.806. The molecule has 0 radical (unpaired) electrons. The van der Waals surface area contributed by atoms with Gasteiger partial charge in [0.05, 0.1) is 4.92 Å². The standard InChI is InChI=1S/C7H8N4O5/c1-3(7(13)14)10-2-4(11(15)16)5(9-10)6(8)12/h2-3H,1H3,(H2,8,12)(H,13,14). The van der Waals surface area contributed by atoms with E-state index in [2.05, 4.69) is 5.10 Å². The first-order valence-electron chi connectivity index (χ1n) is 4.10. The lowest BCUT2D eigenvalue weighted by molar-refractivity contribution is -0.385. The first-order valence-corrected chi connectivity index (χ1v) is 4.10. The maximum Gasteiger partial charge on any atom is 0.328 e. The summed E-state index contributed by atoms with van der Waals surface area (Å²) in [5.74, 6) is -2.31. The summed E-state index contributed by atoms with van der Waals surface area (Å²) in [5.41, 5.74) is 3.71. The lowest BCUT2D eigenvalue weighted by Gasteiger charge is -2.04. The van der Waals surface area contributed by atoms with Crippen LogP contribution in [0.3, 0.4) is 0 Å².